The number of nitrogens with zero attached hydrogens (tertiary/aromatic N) is 1. The van der Waals surface area contributed by atoms with Gasteiger partial charge in [-0.05, 0) is 37.0 Å². The Morgan fingerprint density at radius 3 is 2.79 bits per heavy atom. The van der Waals surface area contributed by atoms with Gasteiger partial charge in [0, 0.05) is 30.5 Å². The van der Waals surface area contributed by atoms with Crippen LogP contribution in [0.3, 0.4) is 0 Å². The van der Waals surface area contributed by atoms with Gasteiger partial charge in [0.2, 0.25) is 11.8 Å². The number of amides is 2. The maximum atomic E-state index is 11.7. The summed E-state index contributed by atoms with van der Waals surface area (Å²) in [5.74, 6) is -1.81. The van der Waals surface area contributed by atoms with E-state index in [2.05, 4.69) is 16.3 Å². The van der Waals surface area contributed by atoms with E-state index in [4.69, 9.17) is 5.73 Å². The molecule has 2 aliphatic heterocycles. The first-order valence-electron chi connectivity index (χ1n) is 6.57. The van der Waals surface area contributed by atoms with Gasteiger partial charge >= 0.3 is 0 Å². The molecule has 0 aromatic heterocycles. The maximum absolute atomic E-state index is 11.7. The zero-order valence-electron chi connectivity index (χ0n) is 10.6. The van der Waals surface area contributed by atoms with Crippen molar-refractivity contribution in [2.45, 2.75) is 25.2 Å². The minimum Gasteiger partial charge on any atom is -0.371 e. The third kappa shape index (κ3) is 2.05. The van der Waals surface area contributed by atoms with Crippen molar-refractivity contribution in [2.24, 2.45) is 5.73 Å². The normalized spacial score (nSPS) is 22.0. The number of nitrogens with one attached hydrogen (secondary N) is 1. The second kappa shape index (κ2) is 4.57. The lowest BCUT2D eigenvalue weighted by molar-refractivity contribution is -0.126. The molecule has 1 aromatic carbocycles. The molecule has 1 unspecified atom stereocenters. The minimum absolute atomic E-state index is 0.341. The molecule has 0 saturated carbocycles. The molecule has 1 saturated heterocycles. The van der Waals surface area contributed by atoms with Crippen molar-refractivity contribution in [3.05, 3.63) is 23.8 Å². The summed E-state index contributed by atoms with van der Waals surface area (Å²) in [6.45, 7) is 2.00. The summed E-state index contributed by atoms with van der Waals surface area (Å²) >= 11 is 0. The smallest absolute Gasteiger partial charge is 0.241 e. The monoisotopic (exact) mass is 258 g/mol. The van der Waals surface area contributed by atoms with Crippen LogP contribution in [0.2, 0.25) is 0 Å². The number of rotatable bonds is 2. The molecule has 99 valence electrons. The van der Waals surface area contributed by atoms with Crippen molar-refractivity contribution in [1.29, 1.82) is 0 Å². The highest BCUT2D eigenvalue weighted by atomic mass is 16.2. The lowest BCUT2D eigenvalue weighted by Gasteiger charge is -2.29. The van der Waals surface area contributed by atoms with Crippen LogP contribution in [0, 0.1) is 6.07 Å². The van der Waals surface area contributed by atoms with E-state index in [1.54, 1.807) is 6.07 Å². The summed E-state index contributed by atoms with van der Waals surface area (Å²) < 4.78 is 0. The Morgan fingerprint density at radius 1 is 1.37 bits per heavy atom. The van der Waals surface area contributed by atoms with Gasteiger partial charge < -0.3 is 16.0 Å². The van der Waals surface area contributed by atoms with Gasteiger partial charge in [0.1, 0.15) is 5.92 Å². The van der Waals surface area contributed by atoms with Crippen LogP contribution in [-0.2, 0) is 9.59 Å². The van der Waals surface area contributed by atoms with E-state index in [1.807, 2.05) is 6.07 Å². The molecule has 2 aliphatic rings. The number of nitrogens with two attached hydrogens (primary N) is 1. The van der Waals surface area contributed by atoms with E-state index in [9.17, 15) is 9.59 Å². The Kier molecular flexibility index (Phi) is 2.89. The molecule has 1 aromatic rings. The Morgan fingerprint density at radius 2 is 2.11 bits per heavy atom. The average Bonchev–Trinajstić information content (AvgIpc) is 2.74. The number of hydrogen-bond donors (Lipinski definition) is 2. The van der Waals surface area contributed by atoms with Crippen molar-refractivity contribution in [2.75, 3.05) is 23.3 Å². The Balaban J connectivity index is 1.95. The summed E-state index contributed by atoms with van der Waals surface area (Å²) in [4.78, 5) is 25.4. The molecule has 0 spiro atoms. The first kappa shape index (κ1) is 12.0. The van der Waals surface area contributed by atoms with Crippen LogP contribution < -0.4 is 16.0 Å². The van der Waals surface area contributed by atoms with Gasteiger partial charge in [-0.2, -0.15) is 0 Å². The fourth-order valence-corrected chi connectivity index (χ4v) is 2.79. The number of fused-ring (bicyclic) bond motifs is 1. The van der Waals surface area contributed by atoms with Gasteiger partial charge in [0.05, 0.1) is 0 Å². The number of hydrogen-bond acceptors (Lipinski definition) is 3. The number of piperidine rings is 1. The molecule has 19 heavy (non-hydrogen) atoms. The second-order valence-electron chi connectivity index (χ2n) is 5.06. The molecule has 1 atom stereocenters. The van der Waals surface area contributed by atoms with Crippen molar-refractivity contribution < 1.29 is 9.59 Å². The summed E-state index contributed by atoms with van der Waals surface area (Å²) in [7, 11) is 0. The van der Waals surface area contributed by atoms with Gasteiger partial charge in [-0.15, -0.1) is 0 Å². The van der Waals surface area contributed by atoms with Crippen LogP contribution in [0.1, 0.15) is 30.7 Å². The van der Waals surface area contributed by atoms with Crippen LogP contribution in [-0.4, -0.2) is 24.9 Å². The molecule has 5 nitrogen and oxygen atoms in total. The highest BCUT2D eigenvalue weighted by molar-refractivity contribution is 6.16. The SMILES string of the molecule is NC(=O)C1C(=O)Nc2c[c]c(N3CCCCC3)cc21. The summed E-state index contributed by atoms with van der Waals surface area (Å²) in [5, 5.41) is 2.67. The topological polar surface area (TPSA) is 75.4 Å². The molecule has 0 aliphatic carbocycles. The van der Waals surface area contributed by atoms with E-state index >= 15 is 0 Å². The van der Waals surface area contributed by atoms with Crippen LogP contribution in [0.5, 0.6) is 0 Å². The van der Waals surface area contributed by atoms with Crippen LogP contribution in [0.15, 0.2) is 12.1 Å². The summed E-state index contributed by atoms with van der Waals surface area (Å²) in [5.41, 5.74) is 7.58. The predicted octanol–water partition coefficient (Wildman–Crippen LogP) is 0.998. The van der Waals surface area contributed by atoms with E-state index in [1.165, 1.54) is 19.3 Å². The molecule has 1 fully saturated rings. The Bertz CT molecular complexity index is 535. The van der Waals surface area contributed by atoms with E-state index < -0.39 is 11.8 Å². The minimum atomic E-state index is -0.867. The molecule has 5 heteroatoms. The standard InChI is InChI=1S/C14H16N3O2/c15-13(18)12-10-8-9(17-6-2-1-3-7-17)4-5-11(10)16-14(12)19/h5,8,12H,1-3,6-7H2,(H2,15,18)(H,16,19). The van der Waals surface area contributed by atoms with E-state index in [0.29, 0.717) is 11.3 Å². The van der Waals surface area contributed by atoms with Crippen molar-refractivity contribution >= 4 is 23.2 Å². The van der Waals surface area contributed by atoms with Gasteiger partial charge in [0.25, 0.3) is 0 Å². The summed E-state index contributed by atoms with van der Waals surface area (Å²) in [6, 6.07) is 6.78. The van der Waals surface area contributed by atoms with Gasteiger partial charge in [-0.1, -0.05) is 0 Å². The van der Waals surface area contributed by atoms with Gasteiger partial charge in [-0.25, -0.2) is 0 Å². The van der Waals surface area contributed by atoms with Crippen molar-refractivity contribution in [3.8, 4) is 0 Å². The Labute approximate surface area is 111 Å². The number of carbonyl (C=O) groups is 2. The second-order valence-corrected chi connectivity index (χ2v) is 5.06. The van der Waals surface area contributed by atoms with Crippen molar-refractivity contribution in [1.82, 2.24) is 0 Å². The summed E-state index contributed by atoms with van der Waals surface area (Å²) in [6.07, 6.45) is 3.59. The molecule has 1 radical (unpaired) electrons. The zero-order chi connectivity index (χ0) is 13.4. The molecule has 2 heterocycles. The lowest BCUT2D eigenvalue weighted by atomic mass is 9.99. The first-order valence-corrected chi connectivity index (χ1v) is 6.57. The number of primary amides is 1. The highest BCUT2D eigenvalue weighted by Crippen LogP contribution is 2.35. The van der Waals surface area contributed by atoms with Crippen LogP contribution in [0.4, 0.5) is 11.4 Å². The third-order valence-electron chi connectivity index (χ3n) is 3.78. The zero-order valence-corrected chi connectivity index (χ0v) is 10.6. The third-order valence-corrected chi connectivity index (χ3v) is 3.78. The van der Waals surface area contributed by atoms with Crippen LogP contribution in [0.25, 0.3) is 0 Å². The van der Waals surface area contributed by atoms with Gasteiger partial charge in [0.15, 0.2) is 0 Å². The van der Waals surface area contributed by atoms with E-state index in [0.717, 1.165) is 18.8 Å². The number of anilines is 2. The first-order chi connectivity index (χ1) is 9.16. The fourth-order valence-electron chi connectivity index (χ4n) is 2.79. The molecule has 3 rings (SSSR count). The molecule has 3 N–H and O–H groups in total. The quantitative estimate of drug-likeness (QED) is 0.777. The number of benzene rings is 1. The van der Waals surface area contributed by atoms with Gasteiger partial charge in [-0.3, -0.25) is 9.59 Å². The van der Waals surface area contributed by atoms with E-state index in [-0.39, 0.29) is 5.91 Å². The Hall–Kier alpha value is -2.04. The average molecular weight is 258 g/mol. The molecular weight excluding hydrogens is 242 g/mol. The molecule has 0 bridgehead atoms. The molecular formula is C14H16N3O2. The lowest BCUT2D eigenvalue weighted by Crippen LogP contribution is -2.30. The largest absolute Gasteiger partial charge is 0.371 e. The van der Waals surface area contributed by atoms with Crippen molar-refractivity contribution in [3.63, 3.8) is 0 Å². The predicted molar refractivity (Wildman–Crippen MR) is 71.9 cm³/mol. The molecule has 2 amide bonds. The van der Waals surface area contributed by atoms with Crippen LogP contribution >= 0.6 is 0 Å². The highest BCUT2D eigenvalue weighted by Gasteiger charge is 2.35. The fraction of sp³-hybridized carbons (Fsp3) is 0.429. The maximum Gasteiger partial charge on any atom is 0.241 e. The number of carbonyl (C=O) groups excluding carboxylic acids is 2.